The van der Waals surface area contributed by atoms with Crippen LogP contribution in [0.15, 0.2) is 45.6 Å². The summed E-state index contributed by atoms with van der Waals surface area (Å²) in [5.41, 5.74) is 5.41. The molecular weight excluding hydrogens is 288 g/mol. The fraction of sp³-hybridized carbons (Fsp3) is 0.450. The van der Waals surface area contributed by atoms with E-state index in [1.165, 1.54) is 11.1 Å². The number of carbonyl (C=O) groups excluding carboxylic acids is 1. The molecule has 0 N–H and O–H groups in total. The summed E-state index contributed by atoms with van der Waals surface area (Å²) < 4.78 is 11.2. The van der Waals surface area contributed by atoms with Gasteiger partial charge in [-0.05, 0) is 52.5 Å². The van der Waals surface area contributed by atoms with Crippen LogP contribution in [0.2, 0.25) is 0 Å². The van der Waals surface area contributed by atoms with Crippen LogP contribution in [0.4, 0.5) is 0 Å². The maximum absolute atomic E-state index is 11.8. The number of esters is 1. The van der Waals surface area contributed by atoms with Gasteiger partial charge in [0, 0.05) is 17.6 Å². The van der Waals surface area contributed by atoms with Crippen molar-refractivity contribution in [2.24, 2.45) is 5.92 Å². The number of rotatable bonds is 5. The van der Waals surface area contributed by atoms with Crippen molar-refractivity contribution in [3.63, 3.8) is 0 Å². The molecule has 1 aliphatic carbocycles. The lowest BCUT2D eigenvalue weighted by Gasteiger charge is -2.21. The van der Waals surface area contributed by atoms with E-state index in [1.54, 1.807) is 19.3 Å². The van der Waals surface area contributed by atoms with E-state index in [1.807, 2.05) is 13.8 Å². The molecule has 1 aromatic heterocycles. The van der Waals surface area contributed by atoms with Gasteiger partial charge in [0.2, 0.25) is 0 Å². The highest BCUT2D eigenvalue weighted by Crippen LogP contribution is 2.30. The van der Waals surface area contributed by atoms with Crippen LogP contribution in [0, 0.1) is 12.8 Å². The summed E-state index contributed by atoms with van der Waals surface area (Å²) in [4.78, 5) is 11.8. The van der Waals surface area contributed by atoms with Gasteiger partial charge in [0.15, 0.2) is 0 Å². The molecule has 124 valence electrons. The van der Waals surface area contributed by atoms with Crippen LogP contribution in [0.1, 0.15) is 51.0 Å². The molecule has 0 fully saturated rings. The van der Waals surface area contributed by atoms with Crippen molar-refractivity contribution in [1.82, 2.24) is 0 Å². The average molecular weight is 314 g/mol. The second kappa shape index (κ2) is 7.49. The van der Waals surface area contributed by atoms with Crippen molar-refractivity contribution in [2.75, 3.05) is 0 Å². The Bertz CT molecular complexity index is 671. The van der Waals surface area contributed by atoms with Crippen molar-refractivity contribution in [2.45, 2.75) is 54.1 Å². The molecular formula is C20H26O3. The zero-order valence-electron chi connectivity index (χ0n) is 14.7. The first kappa shape index (κ1) is 17.3. The highest BCUT2D eigenvalue weighted by Gasteiger charge is 2.21. The van der Waals surface area contributed by atoms with E-state index in [9.17, 15) is 4.79 Å². The highest BCUT2D eigenvalue weighted by molar-refractivity contribution is 5.87. The third-order valence-electron chi connectivity index (χ3n) is 4.75. The van der Waals surface area contributed by atoms with Gasteiger partial charge in [0.05, 0.1) is 6.26 Å². The fourth-order valence-corrected chi connectivity index (χ4v) is 2.76. The molecule has 3 nitrogen and oxygen atoms in total. The molecule has 0 bridgehead atoms. The standard InChI is InChI=1S/C20H26O3/c1-6-13(2)20(21)23-12-18-15(4)11-22-19(18)10-17-9-7-8-14(3)16(17)5/h6-8,11,17H,9-10,12H2,1-5H3. The van der Waals surface area contributed by atoms with E-state index in [2.05, 4.69) is 26.0 Å². The molecule has 0 spiro atoms. The quantitative estimate of drug-likeness (QED) is 0.564. The first-order valence-electron chi connectivity index (χ1n) is 8.13. The summed E-state index contributed by atoms with van der Waals surface area (Å²) in [6, 6.07) is 0. The van der Waals surface area contributed by atoms with Crippen LogP contribution >= 0.6 is 0 Å². The molecule has 0 saturated carbocycles. The number of hydrogen-bond acceptors (Lipinski definition) is 3. The molecule has 1 aromatic rings. The lowest BCUT2D eigenvalue weighted by molar-refractivity contribution is -0.140. The monoisotopic (exact) mass is 314 g/mol. The average Bonchev–Trinajstić information content (AvgIpc) is 2.88. The molecule has 1 heterocycles. The Kier molecular flexibility index (Phi) is 5.64. The van der Waals surface area contributed by atoms with E-state index in [-0.39, 0.29) is 12.6 Å². The summed E-state index contributed by atoms with van der Waals surface area (Å²) in [5.74, 6) is 1.12. The molecule has 1 unspecified atom stereocenters. The summed E-state index contributed by atoms with van der Waals surface area (Å²) in [6.45, 7) is 10.2. The molecule has 0 aromatic carbocycles. The van der Waals surface area contributed by atoms with Gasteiger partial charge >= 0.3 is 5.97 Å². The van der Waals surface area contributed by atoms with E-state index >= 15 is 0 Å². The first-order chi connectivity index (χ1) is 10.9. The number of hydrogen-bond donors (Lipinski definition) is 0. The Labute approximate surface area is 138 Å². The number of furan rings is 1. The highest BCUT2D eigenvalue weighted by atomic mass is 16.5. The van der Waals surface area contributed by atoms with E-state index in [0.717, 1.165) is 29.7 Å². The van der Waals surface area contributed by atoms with Gasteiger partial charge in [0.1, 0.15) is 12.4 Å². The van der Waals surface area contributed by atoms with Crippen LogP contribution in [0.25, 0.3) is 0 Å². The molecule has 2 rings (SSSR count). The third kappa shape index (κ3) is 4.04. The number of carbonyl (C=O) groups is 1. The Morgan fingerprint density at radius 3 is 2.83 bits per heavy atom. The third-order valence-corrected chi connectivity index (χ3v) is 4.75. The normalized spacial score (nSPS) is 18.5. The van der Waals surface area contributed by atoms with Crippen molar-refractivity contribution in [1.29, 1.82) is 0 Å². The minimum absolute atomic E-state index is 0.270. The second-order valence-electron chi connectivity index (χ2n) is 6.27. The predicted octanol–water partition coefficient (Wildman–Crippen LogP) is 5.05. The van der Waals surface area contributed by atoms with Gasteiger partial charge in [-0.1, -0.05) is 29.4 Å². The molecule has 3 heteroatoms. The summed E-state index contributed by atoms with van der Waals surface area (Å²) in [5, 5.41) is 0. The topological polar surface area (TPSA) is 39.4 Å². The molecule has 1 atom stereocenters. The van der Waals surface area contributed by atoms with Crippen LogP contribution in [0.3, 0.4) is 0 Å². The summed E-state index contributed by atoms with van der Waals surface area (Å²) >= 11 is 0. The predicted molar refractivity (Wildman–Crippen MR) is 92.0 cm³/mol. The second-order valence-corrected chi connectivity index (χ2v) is 6.27. The maximum atomic E-state index is 11.8. The number of allylic oxidation sites excluding steroid dienone is 5. The molecule has 1 aliphatic rings. The summed E-state index contributed by atoms with van der Waals surface area (Å²) in [6.07, 6.45) is 9.79. The largest absolute Gasteiger partial charge is 0.469 e. The van der Waals surface area contributed by atoms with Gasteiger partial charge in [0.25, 0.3) is 0 Å². The summed E-state index contributed by atoms with van der Waals surface area (Å²) in [7, 11) is 0. The lowest BCUT2D eigenvalue weighted by Crippen LogP contribution is -2.12. The van der Waals surface area contributed by atoms with Crippen molar-refractivity contribution < 1.29 is 13.9 Å². The molecule has 0 radical (unpaired) electrons. The van der Waals surface area contributed by atoms with Gasteiger partial charge in [-0.15, -0.1) is 0 Å². The molecule has 0 amide bonds. The Balaban J connectivity index is 2.10. The zero-order valence-corrected chi connectivity index (χ0v) is 14.7. The maximum Gasteiger partial charge on any atom is 0.333 e. The van der Waals surface area contributed by atoms with Crippen LogP contribution in [-0.2, 0) is 22.6 Å². The molecule has 23 heavy (non-hydrogen) atoms. The van der Waals surface area contributed by atoms with Gasteiger partial charge in [-0.25, -0.2) is 4.79 Å². The Hall–Kier alpha value is -2.03. The molecule has 0 saturated heterocycles. The van der Waals surface area contributed by atoms with E-state index in [0.29, 0.717) is 11.5 Å². The number of ether oxygens (including phenoxy) is 1. The zero-order chi connectivity index (χ0) is 17.0. The smallest absolute Gasteiger partial charge is 0.333 e. The minimum Gasteiger partial charge on any atom is -0.469 e. The van der Waals surface area contributed by atoms with E-state index < -0.39 is 0 Å². The van der Waals surface area contributed by atoms with Gasteiger partial charge < -0.3 is 9.15 Å². The van der Waals surface area contributed by atoms with Crippen molar-refractivity contribution in [3.8, 4) is 0 Å². The minimum atomic E-state index is -0.272. The SMILES string of the molecule is CC=C(C)C(=O)OCc1c(C)coc1CC1CC=CC(C)=C1C. The van der Waals surface area contributed by atoms with E-state index in [4.69, 9.17) is 9.15 Å². The Morgan fingerprint density at radius 2 is 2.13 bits per heavy atom. The van der Waals surface area contributed by atoms with Gasteiger partial charge in [-0.2, -0.15) is 0 Å². The fourth-order valence-electron chi connectivity index (χ4n) is 2.76. The van der Waals surface area contributed by atoms with Crippen LogP contribution < -0.4 is 0 Å². The van der Waals surface area contributed by atoms with Gasteiger partial charge in [-0.3, -0.25) is 0 Å². The first-order valence-corrected chi connectivity index (χ1v) is 8.13. The van der Waals surface area contributed by atoms with Crippen molar-refractivity contribution >= 4 is 5.97 Å². The van der Waals surface area contributed by atoms with Crippen molar-refractivity contribution in [3.05, 3.63) is 58.1 Å². The number of aryl methyl sites for hydroxylation is 1. The van der Waals surface area contributed by atoms with Crippen LogP contribution in [0.5, 0.6) is 0 Å². The Morgan fingerprint density at radius 1 is 1.39 bits per heavy atom. The van der Waals surface area contributed by atoms with Crippen LogP contribution in [-0.4, -0.2) is 5.97 Å². The molecule has 0 aliphatic heterocycles. The lowest BCUT2D eigenvalue weighted by atomic mass is 9.85.